The standard InChI is InChI=1S/C15H25NS/c1-5-10-16-15(11-12(2)3)13-6-8-14(17-4)9-7-13/h6-9,12,15-16H,5,10-11H2,1-4H3. The number of thioether (sulfide) groups is 1. The molecule has 0 aliphatic heterocycles. The van der Waals surface area contributed by atoms with Crippen molar-refractivity contribution in [2.45, 2.75) is 44.6 Å². The lowest BCUT2D eigenvalue weighted by atomic mass is 9.97. The molecule has 0 aromatic heterocycles. The van der Waals surface area contributed by atoms with Gasteiger partial charge in [0.15, 0.2) is 0 Å². The van der Waals surface area contributed by atoms with E-state index >= 15 is 0 Å². The molecule has 0 fully saturated rings. The molecule has 2 heteroatoms. The van der Waals surface area contributed by atoms with Crippen LogP contribution in [0.25, 0.3) is 0 Å². The largest absolute Gasteiger partial charge is 0.310 e. The zero-order valence-corrected chi connectivity index (χ0v) is 12.3. The molecule has 1 atom stereocenters. The van der Waals surface area contributed by atoms with Gasteiger partial charge in [-0.15, -0.1) is 11.8 Å². The lowest BCUT2D eigenvalue weighted by Gasteiger charge is -2.21. The maximum Gasteiger partial charge on any atom is 0.0322 e. The van der Waals surface area contributed by atoms with Crippen LogP contribution in [0.2, 0.25) is 0 Å². The topological polar surface area (TPSA) is 12.0 Å². The summed E-state index contributed by atoms with van der Waals surface area (Å²) in [6, 6.07) is 9.48. The second kappa shape index (κ2) is 7.78. The summed E-state index contributed by atoms with van der Waals surface area (Å²) < 4.78 is 0. The van der Waals surface area contributed by atoms with Crippen molar-refractivity contribution in [2.75, 3.05) is 12.8 Å². The predicted molar refractivity (Wildman–Crippen MR) is 78.7 cm³/mol. The molecule has 1 aromatic carbocycles. The van der Waals surface area contributed by atoms with E-state index in [1.807, 2.05) is 0 Å². The molecule has 1 aromatic rings. The van der Waals surface area contributed by atoms with Crippen LogP contribution in [0, 0.1) is 5.92 Å². The van der Waals surface area contributed by atoms with Gasteiger partial charge in [0, 0.05) is 10.9 Å². The highest BCUT2D eigenvalue weighted by molar-refractivity contribution is 7.98. The van der Waals surface area contributed by atoms with Crippen LogP contribution in [-0.4, -0.2) is 12.8 Å². The SMILES string of the molecule is CCCNC(CC(C)C)c1ccc(SC)cc1. The van der Waals surface area contributed by atoms with Gasteiger partial charge in [0.25, 0.3) is 0 Å². The van der Waals surface area contributed by atoms with Crippen LogP contribution in [-0.2, 0) is 0 Å². The Morgan fingerprint density at radius 1 is 1.18 bits per heavy atom. The number of rotatable bonds is 7. The fraction of sp³-hybridized carbons (Fsp3) is 0.600. The Bertz CT molecular complexity index is 305. The van der Waals surface area contributed by atoms with Crippen molar-refractivity contribution in [3.63, 3.8) is 0 Å². The predicted octanol–water partition coefficient (Wildman–Crippen LogP) is 4.50. The first-order chi connectivity index (χ1) is 8.17. The van der Waals surface area contributed by atoms with Crippen LogP contribution in [0.5, 0.6) is 0 Å². The third kappa shape index (κ3) is 5.13. The summed E-state index contributed by atoms with van der Waals surface area (Å²) in [4.78, 5) is 1.34. The summed E-state index contributed by atoms with van der Waals surface area (Å²) in [5.74, 6) is 0.726. The molecule has 0 radical (unpaired) electrons. The van der Waals surface area contributed by atoms with Gasteiger partial charge in [-0.2, -0.15) is 0 Å². The lowest BCUT2D eigenvalue weighted by Crippen LogP contribution is -2.23. The Hall–Kier alpha value is -0.470. The van der Waals surface area contributed by atoms with Gasteiger partial charge in [0.2, 0.25) is 0 Å². The van der Waals surface area contributed by atoms with E-state index in [9.17, 15) is 0 Å². The molecule has 96 valence electrons. The van der Waals surface area contributed by atoms with E-state index in [0.717, 1.165) is 12.5 Å². The van der Waals surface area contributed by atoms with E-state index in [1.165, 1.54) is 23.3 Å². The average Bonchev–Trinajstić information content (AvgIpc) is 2.34. The highest BCUT2D eigenvalue weighted by atomic mass is 32.2. The van der Waals surface area contributed by atoms with Crippen molar-refractivity contribution >= 4 is 11.8 Å². The molecule has 0 amide bonds. The highest BCUT2D eigenvalue weighted by Crippen LogP contribution is 2.23. The Balaban J connectivity index is 2.72. The highest BCUT2D eigenvalue weighted by Gasteiger charge is 2.12. The smallest absolute Gasteiger partial charge is 0.0322 e. The summed E-state index contributed by atoms with van der Waals surface area (Å²) in [5.41, 5.74) is 1.42. The van der Waals surface area contributed by atoms with Gasteiger partial charge >= 0.3 is 0 Å². The Morgan fingerprint density at radius 3 is 2.29 bits per heavy atom. The Labute approximate surface area is 110 Å². The number of hydrogen-bond acceptors (Lipinski definition) is 2. The first kappa shape index (κ1) is 14.6. The van der Waals surface area contributed by atoms with Crippen LogP contribution in [0.15, 0.2) is 29.2 Å². The van der Waals surface area contributed by atoms with E-state index < -0.39 is 0 Å². The quantitative estimate of drug-likeness (QED) is 0.716. The Morgan fingerprint density at radius 2 is 1.82 bits per heavy atom. The fourth-order valence-electron chi connectivity index (χ4n) is 1.96. The molecule has 0 aliphatic rings. The van der Waals surface area contributed by atoms with Gasteiger partial charge < -0.3 is 5.32 Å². The molecular weight excluding hydrogens is 226 g/mol. The van der Waals surface area contributed by atoms with Crippen molar-refractivity contribution in [1.29, 1.82) is 0 Å². The van der Waals surface area contributed by atoms with E-state index in [4.69, 9.17) is 0 Å². The summed E-state index contributed by atoms with van der Waals surface area (Å²) in [5, 5.41) is 3.65. The molecule has 0 bridgehead atoms. The van der Waals surface area contributed by atoms with Crippen LogP contribution in [0.3, 0.4) is 0 Å². The summed E-state index contributed by atoms with van der Waals surface area (Å²) in [7, 11) is 0. The summed E-state index contributed by atoms with van der Waals surface area (Å²) in [6.45, 7) is 7.89. The minimum absolute atomic E-state index is 0.505. The third-order valence-electron chi connectivity index (χ3n) is 2.87. The van der Waals surface area contributed by atoms with Crippen LogP contribution in [0.4, 0.5) is 0 Å². The second-order valence-corrected chi connectivity index (χ2v) is 5.79. The minimum Gasteiger partial charge on any atom is -0.310 e. The molecular formula is C15H25NS. The third-order valence-corrected chi connectivity index (χ3v) is 3.61. The first-order valence-corrected chi connectivity index (χ1v) is 7.77. The summed E-state index contributed by atoms with van der Waals surface area (Å²) in [6.07, 6.45) is 4.52. The zero-order chi connectivity index (χ0) is 12.7. The number of benzene rings is 1. The normalized spacial score (nSPS) is 13.0. The summed E-state index contributed by atoms with van der Waals surface area (Å²) >= 11 is 1.80. The van der Waals surface area contributed by atoms with Crippen LogP contribution in [0.1, 0.15) is 45.2 Å². The molecule has 0 saturated carbocycles. The molecule has 1 unspecified atom stereocenters. The van der Waals surface area contributed by atoms with Crippen molar-refractivity contribution in [2.24, 2.45) is 5.92 Å². The number of hydrogen-bond donors (Lipinski definition) is 1. The van der Waals surface area contributed by atoms with E-state index in [-0.39, 0.29) is 0 Å². The maximum absolute atomic E-state index is 3.65. The molecule has 1 N–H and O–H groups in total. The molecule has 0 heterocycles. The molecule has 0 spiro atoms. The van der Waals surface area contributed by atoms with Crippen molar-refractivity contribution < 1.29 is 0 Å². The average molecular weight is 251 g/mol. The molecule has 0 saturated heterocycles. The monoisotopic (exact) mass is 251 g/mol. The Kier molecular flexibility index (Phi) is 6.68. The van der Waals surface area contributed by atoms with Gasteiger partial charge in [-0.1, -0.05) is 32.9 Å². The van der Waals surface area contributed by atoms with E-state index in [1.54, 1.807) is 11.8 Å². The van der Waals surface area contributed by atoms with Crippen molar-refractivity contribution in [1.82, 2.24) is 5.32 Å². The lowest BCUT2D eigenvalue weighted by molar-refractivity contribution is 0.430. The molecule has 1 nitrogen and oxygen atoms in total. The van der Waals surface area contributed by atoms with Crippen LogP contribution >= 0.6 is 11.8 Å². The first-order valence-electron chi connectivity index (χ1n) is 6.54. The van der Waals surface area contributed by atoms with E-state index in [0.29, 0.717) is 6.04 Å². The molecule has 17 heavy (non-hydrogen) atoms. The van der Waals surface area contributed by atoms with Gasteiger partial charge in [-0.05, 0) is 49.3 Å². The van der Waals surface area contributed by atoms with Crippen molar-refractivity contribution in [3.8, 4) is 0 Å². The van der Waals surface area contributed by atoms with E-state index in [2.05, 4.69) is 56.6 Å². The van der Waals surface area contributed by atoms with Crippen LogP contribution < -0.4 is 5.32 Å². The zero-order valence-electron chi connectivity index (χ0n) is 11.5. The second-order valence-electron chi connectivity index (χ2n) is 4.91. The minimum atomic E-state index is 0.505. The van der Waals surface area contributed by atoms with Gasteiger partial charge in [0.1, 0.15) is 0 Å². The maximum atomic E-state index is 3.65. The molecule has 1 rings (SSSR count). The van der Waals surface area contributed by atoms with Gasteiger partial charge in [-0.25, -0.2) is 0 Å². The fourth-order valence-corrected chi connectivity index (χ4v) is 2.37. The number of nitrogens with one attached hydrogen (secondary N) is 1. The van der Waals surface area contributed by atoms with Crippen molar-refractivity contribution in [3.05, 3.63) is 29.8 Å². The van der Waals surface area contributed by atoms with Gasteiger partial charge in [-0.3, -0.25) is 0 Å². The molecule has 0 aliphatic carbocycles. The van der Waals surface area contributed by atoms with Gasteiger partial charge in [0.05, 0.1) is 0 Å².